The predicted octanol–water partition coefficient (Wildman–Crippen LogP) is 1.70. The molecule has 1 saturated heterocycles. The van der Waals surface area contributed by atoms with E-state index in [1.807, 2.05) is 4.90 Å². The molecule has 5 heteroatoms. The number of aryl methyl sites for hydroxylation is 1. The van der Waals surface area contributed by atoms with Crippen molar-refractivity contribution in [3.05, 3.63) is 11.7 Å². The minimum atomic E-state index is -1.07. The molecular weight excluding hydrogens is 197 g/mol. The van der Waals surface area contributed by atoms with E-state index in [0.717, 1.165) is 13.0 Å². The molecule has 0 spiro atoms. The second-order valence-electron chi connectivity index (χ2n) is 4.46. The zero-order chi connectivity index (χ0) is 10.9. The summed E-state index contributed by atoms with van der Waals surface area (Å²) in [5, 5.41) is 3.81. The van der Waals surface area contributed by atoms with Crippen LogP contribution in [0.4, 0.5) is 4.39 Å². The van der Waals surface area contributed by atoms with Crippen LogP contribution in [-0.4, -0.2) is 33.8 Å². The topological polar surface area (TPSA) is 42.2 Å². The summed E-state index contributed by atoms with van der Waals surface area (Å²) >= 11 is 0. The molecule has 0 bridgehead atoms. The minimum absolute atomic E-state index is 0.459. The number of hydrogen-bond acceptors (Lipinski definition) is 4. The first kappa shape index (κ1) is 10.5. The normalized spacial score (nSPS) is 28.2. The lowest BCUT2D eigenvalue weighted by Gasteiger charge is -2.34. The van der Waals surface area contributed by atoms with E-state index >= 15 is 0 Å². The molecule has 4 nitrogen and oxygen atoms in total. The number of alkyl halides is 1. The van der Waals surface area contributed by atoms with Crippen LogP contribution in [0.1, 0.15) is 31.5 Å². The Morgan fingerprint density at radius 3 is 3.00 bits per heavy atom. The Morgan fingerprint density at radius 1 is 1.60 bits per heavy atom. The van der Waals surface area contributed by atoms with Gasteiger partial charge in [0.1, 0.15) is 5.67 Å². The molecule has 0 amide bonds. The zero-order valence-corrected chi connectivity index (χ0v) is 9.16. The summed E-state index contributed by atoms with van der Waals surface area (Å²) in [6.45, 7) is 5.36. The second kappa shape index (κ2) is 3.89. The molecule has 1 atom stereocenters. The highest BCUT2D eigenvalue weighted by molar-refractivity contribution is 4.89. The number of halogens is 1. The highest BCUT2D eigenvalue weighted by Crippen LogP contribution is 2.25. The molecule has 2 heterocycles. The summed E-state index contributed by atoms with van der Waals surface area (Å²) < 4.78 is 18.6. The monoisotopic (exact) mass is 213 g/mol. The van der Waals surface area contributed by atoms with Gasteiger partial charge in [0.25, 0.3) is 0 Å². The lowest BCUT2D eigenvalue weighted by Crippen LogP contribution is -2.43. The molecule has 1 fully saturated rings. The van der Waals surface area contributed by atoms with Gasteiger partial charge in [-0.3, -0.25) is 4.90 Å². The van der Waals surface area contributed by atoms with Gasteiger partial charge in [-0.15, -0.1) is 0 Å². The van der Waals surface area contributed by atoms with E-state index in [2.05, 4.69) is 10.1 Å². The molecule has 0 radical (unpaired) electrons. The Morgan fingerprint density at radius 2 is 2.40 bits per heavy atom. The van der Waals surface area contributed by atoms with Crippen LogP contribution in [-0.2, 0) is 6.54 Å². The molecule has 0 aliphatic carbocycles. The summed E-state index contributed by atoms with van der Waals surface area (Å²) in [6.07, 6.45) is 1.54. The van der Waals surface area contributed by atoms with Crippen LogP contribution in [0.25, 0.3) is 0 Å². The van der Waals surface area contributed by atoms with Gasteiger partial charge in [0.05, 0.1) is 6.54 Å². The average molecular weight is 213 g/mol. The smallest absolute Gasteiger partial charge is 0.223 e. The van der Waals surface area contributed by atoms with Crippen LogP contribution < -0.4 is 0 Å². The third kappa shape index (κ3) is 2.75. The van der Waals surface area contributed by atoms with Crippen LogP contribution >= 0.6 is 0 Å². The summed E-state index contributed by atoms with van der Waals surface area (Å²) in [5.74, 6) is 1.20. The lowest BCUT2D eigenvalue weighted by atomic mass is 9.97. The molecule has 15 heavy (non-hydrogen) atoms. The van der Waals surface area contributed by atoms with Crippen molar-refractivity contribution in [3.63, 3.8) is 0 Å². The van der Waals surface area contributed by atoms with Crippen molar-refractivity contribution in [3.8, 4) is 0 Å². The van der Waals surface area contributed by atoms with E-state index in [-0.39, 0.29) is 0 Å². The summed E-state index contributed by atoms with van der Waals surface area (Å²) in [7, 11) is 0. The maximum atomic E-state index is 13.7. The number of hydrogen-bond donors (Lipinski definition) is 0. The molecular formula is C10H16FN3O. The van der Waals surface area contributed by atoms with Gasteiger partial charge < -0.3 is 4.52 Å². The van der Waals surface area contributed by atoms with Crippen LogP contribution in [0.5, 0.6) is 0 Å². The van der Waals surface area contributed by atoms with Crippen molar-refractivity contribution in [1.82, 2.24) is 15.0 Å². The second-order valence-corrected chi connectivity index (χ2v) is 4.46. The number of aromatic nitrogens is 2. The third-order valence-corrected chi connectivity index (χ3v) is 2.66. The molecule has 2 rings (SSSR count). The summed E-state index contributed by atoms with van der Waals surface area (Å²) in [6, 6.07) is 0. The van der Waals surface area contributed by atoms with Crippen LogP contribution in [0.15, 0.2) is 4.52 Å². The Bertz CT molecular complexity index is 337. The molecule has 1 aromatic heterocycles. The zero-order valence-electron chi connectivity index (χ0n) is 9.16. The van der Waals surface area contributed by atoms with Gasteiger partial charge in [0.2, 0.25) is 5.89 Å². The Hall–Kier alpha value is -0.970. The molecule has 84 valence electrons. The van der Waals surface area contributed by atoms with Gasteiger partial charge in [-0.1, -0.05) is 5.16 Å². The van der Waals surface area contributed by atoms with E-state index < -0.39 is 5.67 Å². The Kier molecular flexibility index (Phi) is 2.73. The molecule has 0 N–H and O–H groups in total. The van der Waals surface area contributed by atoms with Crippen molar-refractivity contribution in [2.24, 2.45) is 0 Å². The first-order valence-corrected chi connectivity index (χ1v) is 5.26. The van der Waals surface area contributed by atoms with E-state index in [1.54, 1.807) is 13.8 Å². The summed E-state index contributed by atoms with van der Waals surface area (Å²) in [4.78, 5) is 6.15. The largest absolute Gasteiger partial charge is 0.340 e. The molecule has 0 aromatic carbocycles. The highest BCUT2D eigenvalue weighted by Gasteiger charge is 2.30. The fraction of sp³-hybridized carbons (Fsp3) is 0.800. The van der Waals surface area contributed by atoms with E-state index in [0.29, 0.717) is 31.2 Å². The molecule has 1 aliphatic rings. The van der Waals surface area contributed by atoms with Gasteiger partial charge in [-0.2, -0.15) is 4.98 Å². The minimum Gasteiger partial charge on any atom is -0.340 e. The average Bonchev–Trinajstić information content (AvgIpc) is 2.49. The van der Waals surface area contributed by atoms with Gasteiger partial charge in [-0.05, 0) is 26.3 Å². The van der Waals surface area contributed by atoms with Crippen molar-refractivity contribution in [2.45, 2.75) is 38.9 Å². The fourth-order valence-electron chi connectivity index (χ4n) is 2.04. The van der Waals surface area contributed by atoms with E-state index in [9.17, 15) is 4.39 Å². The number of rotatable bonds is 2. The van der Waals surface area contributed by atoms with Crippen molar-refractivity contribution < 1.29 is 8.91 Å². The molecule has 0 saturated carbocycles. The molecule has 0 unspecified atom stereocenters. The molecule has 1 aromatic rings. The number of nitrogens with zero attached hydrogens (tertiary/aromatic N) is 3. The first-order chi connectivity index (χ1) is 7.05. The Labute approximate surface area is 88.5 Å². The van der Waals surface area contributed by atoms with Gasteiger partial charge >= 0.3 is 0 Å². The fourth-order valence-corrected chi connectivity index (χ4v) is 2.04. The lowest BCUT2D eigenvalue weighted by molar-refractivity contribution is 0.0545. The Balaban J connectivity index is 1.95. The van der Waals surface area contributed by atoms with E-state index in [4.69, 9.17) is 4.52 Å². The predicted molar refractivity (Wildman–Crippen MR) is 53.1 cm³/mol. The standard InChI is InChI=1S/C10H16FN3O/c1-8-12-9(13-15-8)6-14-5-3-4-10(2,11)7-14/h3-7H2,1-2H3/t10-/m0/s1. The van der Waals surface area contributed by atoms with Gasteiger partial charge in [0, 0.05) is 13.5 Å². The SMILES string of the molecule is Cc1nc(CN2CCC[C@](C)(F)C2)no1. The van der Waals surface area contributed by atoms with Crippen molar-refractivity contribution in [1.29, 1.82) is 0 Å². The van der Waals surface area contributed by atoms with Gasteiger partial charge in [0.15, 0.2) is 5.82 Å². The first-order valence-electron chi connectivity index (χ1n) is 5.26. The van der Waals surface area contributed by atoms with Crippen LogP contribution in [0.2, 0.25) is 0 Å². The number of likely N-dealkylation sites (tertiary alicyclic amines) is 1. The van der Waals surface area contributed by atoms with Crippen LogP contribution in [0.3, 0.4) is 0 Å². The van der Waals surface area contributed by atoms with Gasteiger partial charge in [-0.25, -0.2) is 4.39 Å². The molecule has 1 aliphatic heterocycles. The van der Waals surface area contributed by atoms with E-state index in [1.165, 1.54) is 0 Å². The van der Waals surface area contributed by atoms with Crippen molar-refractivity contribution >= 4 is 0 Å². The summed E-state index contributed by atoms with van der Waals surface area (Å²) in [5.41, 5.74) is -1.07. The highest BCUT2D eigenvalue weighted by atomic mass is 19.1. The quantitative estimate of drug-likeness (QED) is 0.750. The maximum absolute atomic E-state index is 13.7. The number of piperidine rings is 1. The third-order valence-electron chi connectivity index (χ3n) is 2.66. The van der Waals surface area contributed by atoms with Crippen LogP contribution in [0, 0.1) is 6.92 Å². The van der Waals surface area contributed by atoms with Crippen molar-refractivity contribution in [2.75, 3.05) is 13.1 Å². The maximum Gasteiger partial charge on any atom is 0.223 e.